The molecule has 2 aromatic rings. The Morgan fingerprint density at radius 2 is 2.00 bits per heavy atom. The van der Waals surface area contributed by atoms with E-state index in [4.69, 9.17) is 0 Å². The fourth-order valence-corrected chi connectivity index (χ4v) is 3.07. The Bertz CT molecular complexity index is 1130. The molecule has 0 spiro atoms. The first kappa shape index (κ1) is 16.0. The molecule has 2 heterocycles. The molecule has 26 heavy (non-hydrogen) atoms. The minimum absolute atomic E-state index is 0.00909. The molecule has 130 valence electrons. The largest absolute Gasteiger partial charge is 0.468 e. The minimum Gasteiger partial charge on any atom is -0.468 e. The Hall–Kier alpha value is -3.48. The Morgan fingerprint density at radius 1 is 1.15 bits per heavy atom. The van der Waals surface area contributed by atoms with E-state index in [2.05, 4.69) is 15.0 Å². The van der Waals surface area contributed by atoms with E-state index in [0.29, 0.717) is 17.8 Å². The second kappa shape index (κ2) is 6.44. The van der Waals surface area contributed by atoms with Gasteiger partial charge in [0.1, 0.15) is 12.2 Å². The summed E-state index contributed by atoms with van der Waals surface area (Å²) < 4.78 is 8.12. The van der Waals surface area contributed by atoms with Crippen LogP contribution in [0.4, 0.5) is 0 Å². The third-order valence-corrected chi connectivity index (χ3v) is 4.29. The lowest BCUT2D eigenvalue weighted by Crippen LogP contribution is -2.13. The van der Waals surface area contributed by atoms with Crippen LogP contribution in [0, 0.1) is 0 Å². The van der Waals surface area contributed by atoms with Crippen LogP contribution in [-0.2, 0) is 22.6 Å². The van der Waals surface area contributed by atoms with Gasteiger partial charge in [-0.2, -0.15) is 0 Å². The molecule has 7 nitrogen and oxygen atoms in total. The van der Waals surface area contributed by atoms with E-state index >= 15 is 0 Å². The molecule has 0 atom stereocenters. The molecule has 0 radical (unpaired) electrons. The smallest absolute Gasteiger partial charge is 0.327 e. The first-order valence-corrected chi connectivity index (χ1v) is 8.13. The van der Waals surface area contributed by atoms with Crippen LogP contribution < -0.4 is 5.43 Å². The highest BCUT2D eigenvalue weighted by atomic mass is 16.5. The van der Waals surface area contributed by atoms with Gasteiger partial charge in [0, 0.05) is 11.1 Å². The van der Waals surface area contributed by atoms with Gasteiger partial charge < -0.3 is 9.30 Å². The normalized spacial score (nSPS) is 11.1. The van der Waals surface area contributed by atoms with E-state index in [1.165, 1.54) is 11.8 Å². The highest BCUT2D eigenvalue weighted by Crippen LogP contribution is 2.26. The Morgan fingerprint density at radius 3 is 2.85 bits per heavy atom. The summed E-state index contributed by atoms with van der Waals surface area (Å²) in [5.74, 6) is -0.388. The number of nitrogens with zero attached hydrogens (tertiary/aromatic N) is 4. The number of aromatic nitrogens is 4. The molecule has 0 saturated heterocycles. The maximum absolute atomic E-state index is 12.3. The number of hydrogen-bond acceptors (Lipinski definition) is 5. The summed E-state index contributed by atoms with van der Waals surface area (Å²) in [5, 5.41) is 9.09. The topological polar surface area (TPSA) is 79.0 Å². The third-order valence-electron chi connectivity index (χ3n) is 4.29. The Kier molecular flexibility index (Phi) is 3.96. The molecule has 2 aliphatic rings. The number of ether oxygens (including phenoxy) is 1. The van der Waals surface area contributed by atoms with Crippen LogP contribution in [0.2, 0.25) is 0 Å². The average Bonchev–Trinajstić information content (AvgIpc) is 3.09. The lowest BCUT2D eigenvalue weighted by Gasteiger charge is -2.17. The summed E-state index contributed by atoms with van der Waals surface area (Å²) in [4.78, 5) is 23.7. The standard InChI is InChI=1S/C19H16N4O3/c1-26-19(25)12-22-10-14(20-21-22)11-23-16-6-3-2-5-13(16)9-15-17(23)7-4-8-18(15)24/h2-10H,11-12H2,1H3. The predicted molar refractivity (Wildman–Crippen MR) is 96.0 cm³/mol. The molecule has 4 rings (SSSR count). The number of pyridine rings is 1. The first-order chi connectivity index (χ1) is 12.7. The van der Waals surface area contributed by atoms with Crippen LogP contribution in [-0.4, -0.2) is 32.6 Å². The number of benzene rings is 2. The van der Waals surface area contributed by atoms with Gasteiger partial charge in [-0.1, -0.05) is 29.5 Å². The number of rotatable bonds is 4. The average molecular weight is 348 g/mol. The summed E-state index contributed by atoms with van der Waals surface area (Å²) in [6, 6.07) is 15.0. The van der Waals surface area contributed by atoms with Gasteiger partial charge in [0.2, 0.25) is 0 Å². The van der Waals surface area contributed by atoms with Crippen molar-refractivity contribution in [1.29, 1.82) is 0 Å². The minimum atomic E-state index is -0.388. The van der Waals surface area contributed by atoms with Gasteiger partial charge in [0.05, 0.1) is 25.5 Å². The SMILES string of the molecule is COC(=O)Cn1cc(Cn2c3cccc(=O)c-3cc3ccccc32)nn1. The molecule has 0 bridgehead atoms. The number of esters is 1. The monoisotopic (exact) mass is 348 g/mol. The van der Waals surface area contributed by atoms with Crippen molar-refractivity contribution >= 4 is 16.9 Å². The van der Waals surface area contributed by atoms with E-state index in [-0.39, 0.29) is 17.9 Å². The van der Waals surface area contributed by atoms with Crippen molar-refractivity contribution in [3.63, 3.8) is 0 Å². The van der Waals surface area contributed by atoms with Gasteiger partial charge in [-0.3, -0.25) is 9.59 Å². The van der Waals surface area contributed by atoms with Gasteiger partial charge in [-0.05, 0) is 29.7 Å². The molecule has 1 aromatic heterocycles. The summed E-state index contributed by atoms with van der Waals surface area (Å²) in [5.41, 5.74) is 3.16. The van der Waals surface area contributed by atoms with Gasteiger partial charge in [-0.25, -0.2) is 4.68 Å². The second-order valence-corrected chi connectivity index (χ2v) is 5.96. The maximum Gasteiger partial charge on any atom is 0.327 e. The molecular formula is C19H16N4O3. The lowest BCUT2D eigenvalue weighted by molar-refractivity contribution is -0.141. The lowest BCUT2D eigenvalue weighted by atomic mass is 10.0. The molecule has 1 aliphatic carbocycles. The fraction of sp³-hybridized carbons (Fsp3) is 0.158. The molecule has 0 saturated carbocycles. The summed E-state index contributed by atoms with van der Waals surface area (Å²) in [7, 11) is 1.33. The van der Waals surface area contributed by atoms with Gasteiger partial charge in [0.15, 0.2) is 5.43 Å². The van der Waals surface area contributed by atoms with Crippen LogP contribution in [0.15, 0.2) is 59.5 Å². The summed E-state index contributed by atoms with van der Waals surface area (Å²) >= 11 is 0. The number of fused-ring (bicyclic) bond motifs is 2. The highest BCUT2D eigenvalue weighted by Gasteiger charge is 2.15. The van der Waals surface area contributed by atoms with E-state index < -0.39 is 0 Å². The van der Waals surface area contributed by atoms with Crippen LogP contribution >= 0.6 is 0 Å². The Balaban J connectivity index is 1.81. The predicted octanol–water partition coefficient (Wildman–Crippen LogP) is 1.92. The quantitative estimate of drug-likeness (QED) is 0.416. The molecule has 0 fully saturated rings. The molecule has 0 N–H and O–H groups in total. The van der Waals surface area contributed by atoms with Crippen LogP contribution in [0.1, 0.15) is 5.69 Å². The van der Waals surface area contributed by atoms with E-state index in [0.717, 1.165) is 16.6 Å². The van der Waals surface area contributed by atoms with Crippen LogP contribution in [0.25, 0.3) is 22.2 Å². The maximum atomic E-state index is 12.3. The number of carbonyl (C=O) groups is 1. The number of methoxy groups -OCH3 is 1. The zero-order chi connectivity index (χ0) is 18.1. The zero-order valence-corrected chi connectivity index (χ0v) is 14.1. The van der Waals surface area contributed by atoms with Crippen molar-refractivity contribution in [3.05, 3.63) is 70.6 Å². The fourth-order valence-electron chi connectivity index (χ4n) is 3.07. The Labute approximate surface area is 148 Å². The van der Waals surface area contributed by atoms with Crippen molar-refractivity contribution in [1.82, 2.24) is 19.6 Å². The number of para-hydroxylation sites is 1. The van der Waals surface area contributed by atoms with E-state index in [1.54, 1.807) is 18.3 Å². The van der Waals surface area contributed by atoms with Gasteiger partial charge in [-0.15, -0.1) is 5.10 Å². The van der Waals surface area contributed by atoms with Crippen molar-refractivity contribution in [3.8, 4) is 11.3 Å². The van der Waals surface area contributed by atoms with E-state index in [1.807, 2.05) is 41.0 Å². The molecule has 7 heteroatoms. The molecule has 1 aliphatic heterocycles. The molecular weight excluding hydrogens is 332 g/mol. The number of hydrogen-bond donors (Lipinski definition) is 0. The van der Waals surface area contributed by atoms with Gasteiger partial charge >= 0.3 is 5.97 Å². The zero-order valence-electron chi connectivity index (χ0n) is 14.1. The van der Waals surface area contributed by atoms with Crippen molar-refractivity contribution in [2.45, 2.75) is 13.1 Å². The summed E-state index contributed by atoms with van der Waals surface area (Å²) in [6.45, 7) is 0.442. The first-order valence-electron chi connectivity index (χ1n) is 8.13. The summed E-state index contributed by atoms with van der Waals surface area (Å²) in [6.07, 6.45) is 1.71. The third kappa shape index (κ3) is 2.83. The van der Waals surface area contributed by atoms with Crippen LogP contribution in [0.3, 0.4) is 0 Å². The van der Waals surface area contributed by atoms with Gasteiger partial charge in [0.25, 0.3) is 0 Å². The van der Waals surface area contributed by atoms with Crippen molar-refractivity contribution in [2.75, 3.05) is 7.11 Å². The van der Waals surface area contributed by atoms with Crippen LogP contribution in [0.5, 0.6) is 0 Å². The highest BCUT2D eigenvalue weighted by molar-refractivity contribution is 5.86. The van der Waals surface area contributed by atoms with Crippen molar-refractivity contribution in [2.24, 2.45) is 0 Å². The second-order valence-electron chi connectivity index (χ2n) is 5.96. The molecule has 0 amide bonds. The molecule has 1 aromatic carbocycles. The number of carbonyl (C=O) groups excluding carboxylic acids is 1. The van der Waals surface area contributed by atoms with Crippen molar-refractivity contribution < 1.29 is 9.53 Å². The molecule has 0 unspecified atom stereocenters. The van der Waals surface area contributed by atoms with E-state index in [9.17, 15) is 9.59 Å².